The number of hydrogen-bond acceptors (Lipinski definition) is 7. The lowest BCUT2D eigenvalue weighted by molar-refractivity contribution is 0.0321. The van der Waals surface area contributed by atoms with Gasteiger partial charge in [-0.15, -0.1) is 11.3 Å². The second-order valence-corrected chi connectivity index (χ2v) is 7.97. The lowest BCUT2D eigenvalue weighted by Crippen LogP contribution is -2.38. The Morgan fingerprint density at radius 2 is 2.06 bits per heavy atom. The van der Waals surface area contributed by atoms with E-state index in [1.807, 2.05) is 47.8 Å². The van der Waals surface area contributed by atoms with Crippen LogP contribution in [-0.4, -0.2) is 63.6 Å². The molecule has 0 atom stereocenters. The van der Waals surface area contributed by atoms with Crippen LogP contribution in [0.25, 0.3) is 10.1 Å². The third-order valence-electron chi connectivity index (χ3n) is 5.06. The molecule has 0 unspecified atom stereocenters. The fourth-order valence-corrected chi connectivity index (χ4v) is 4.31. The Hall–Kier alpha value is -2.94. The quantitative estimate of drug-likeness (QED) is 0.430. The van der Waals surface area contributed by atoms with E-state index in [0.29, 0.717) is 23.7 Å². The van der Waals surface area contributed by atoms with E-state index in [9.17, 15) is 4.79 Å². The van der Waals surface area contributed by atoms with Crippen LogP contribution in [0.2, 0.25) is 0 Å². The van der Waals surface area contributed by atoms with Crippen molar-refractivity contribution in [1.82, 2.24) is 10.3 Å². The number of thiophene rings is 1. The number of nitrogens with one attached hydrogen (secondary N) is 1. The number of carbonyl (C=O) groups excluding carboxylic acids is 1. The zero-order chi connectivity index (χ0) is 21.5. The van der Waals surface area contributed by atoms with Crippen LogP contribution in [-0.2, 0) is 4.74 Å². The maximum atomic E-state index is 12.5. The van der Waals surface area contributed by atoms with Gasteiger partial charge in [-0.1, -0.05) is 18.2 Å². The predicted molar refractivity (Wildman–Crippen MR) is 123 cm³/mol. The normalized spacial score (nSPS) is 14.7. The molecule has 31 heavy (non-hydrogen) atoms. The van der Waals surface area contributed by atoms with E-state index in [1.165, 1.54) is 0 Å². The smallest absolute Gasteiger partial charge is 0.272 e. The molecule has 1 saturated heterocycles. The van der Waals surface area contributed by atoms with Gasteiger partial charge in [0, 0.05) is 35.1 Å². The summed E-state index contributed by atoms with van der Waals surface area (Å²) in [5, 5.41) is 6.88. The zero-order valence-corrected chi connectivity index (χ0v) is 18.2. The van der Waals surface area contributed by atoms with Crippen LogP contribution < -0.4 is 14.9 Å². The SMILES string of the molecule is COc1cc(C=NNC(=O)c2csc3ccccc23)ccc1OCCN1CCOCC1. The molecule has 0 saturated carbocycles. The van der Waals surface area contributed by atoms with Crippen LogP contribution in [0.5, 0.6) is 11.5 Å². The van der Waals surface area contributed by atoms with Gasteiger partial charge >= 0.3 is 0 Å². The first kappa shape index (κ1) is 21.3. The van der Waals surface area contributed by atoms with Crippen LogP contribution in [0.3, 0.4) is 0 Å². The lowest BCUT2D eigenvalue weighted by atomic mass is 10.2. The van der Waals surface area contributed by atoms with Gasteiger partial charge in [0.25, 0.3) is 5.91 Å². The van der Waals surface area contributed by atoms with Crippen molar-refractivity contribution >= 4 is 33.5 Å². The molecule has 162 valence electrons. The summed E-state index contributed by atoms with van der Waals surface area (Å²) in [6.45, 7) is 4.84. The number of nitrogens with zero attached hydrogens (tertiary/aromatic N) is 2. The molecule has 0 radical (unpaired) electrons. The molecule has 4 rings (SSSR count). The van der Waals surface area contributed by atoms with E-state index in [1.54, 1.807) is 24.7 Å². The van der Waals surface area contributed by atoms with Gasteiger partial charge in [-0.05, 0) is 29.8 Å². The molecule has 3 aromatic rings. The van der Waals surface area contributed by atoms with Gasteiger partial charge in [-0.2, -0.15) is 5.10 Å². The number of fused-ring (bicyclic) bond motifs is 1. The Morgan fingerprint density at radius 1 is 1.23 bits per heavy atom. The Labute approximate surface area is 185 Å². The zero-order valence-electron chi connectivity index (χ0n) is 17.4. The topological polar surface area (TPSA) is 72.4 Å². The van der Waals surface area contributed by atoms with Crippen LogP contribution in [0.1, 0.15) is 15.9 Å². The maximum Gasteiger partial charge on any atom is 0.272 e. The number of benzene rings is 2. The molecule has 0 bridgehead atoms. The molecule has 1 aromatic heterocycles. The molecule has 7 nitrogen and oxygen atoms in total. The molecule has 1 N–H and O–H groups in total. The van der Waals surface area contributed by atoms with Gasteiger partial charge in [0.15, 0.2) is 11.5 Å². The predicted octanol–water partition coefficient (Wildman–Crippen LogP) is 3.38. The second kappa shape index (κ2) is 10.4. The molecular formula is C23H25N3O4S. The Balaban J connectivity index is 1.33. The Morgan fingerprint density at radius 3 is 2.90 bits per heavy atom. The first-order valence-corrected chi connectivity index (χ1v) is 11.0. The number of amides is 1. The number of methoxy groups -OCH3 is 1. The summed E-state index contributed by atoms with van der Waals surface area (Å²) in [5.74, 6) is 1.08. The van der Waals surface area contributed by atoms with Gasteiger partial charge in [0.1, 0.15) is 6.61 Å². The number of morpholine rings is 1. The number of hydrazone groups is 1. The fraction of sp³-hybridized carbons (Fsp3) is 0.304. The number of carbonyl (C=O) groups is 1. The fourth-order valence-electron chi connectivity index (χ4n) is 3.37. The van der Waals surface area contributed by atoms with Crippen molar-refractivity contribution in [2.45, 2.75) is 0 Å². The molecule has 1 fully saturated rings. The van der Waals surface area contributed by atoms with Crippen molar-refractivity contribution in [3.8, 4) is 11.5 Å². The standard InChI is InChI=1S/C23H25N3O4S/c1-28-21-14-17(6-7-20(21)30-13-10-26-8-11-29-12-9-26)15-24-25-23(27)19-16-31-22-5-3-2-4-18(19)22/h2-7,14-16H,8-13H2,1H3,(H,25,27). The number of rotatable bonds is 8. The Bertz CT molecular complexity index is 1060. The molecule has 2 aromatic carbocycles. The minimum absolute atomic E-state index is 0.233. The van der Waals surface area contributed by atoms with E-state index in [4.69, 9.17) is 14.2 Å². The van der Waals surface area contributed by atoms with Crippen molar-refractivity contribution in [2.75, 3.05) is 46.6 Å². The van der Waals surface area contributed by atoms with Crippen LogP contribution >= 0.6 is 11.3 Å². The highest BCUT2D eigenvalue weighted by atomic mass is 32.1. The summed E-state index contributed by atoms with van der Waals surface area (Å²) >= 11 is 1.54. The number of ether oxygens (including phenoxy) is 3. The van der Waals surface area contributed by atoms with Crippen LogP contribution in [0, 0.1) is 0 Å². The van der Waals surface area contributed by atoms with Crippen molar-refractivity contribution in [1.29, 1.82) is 0 Å². The summed E-state index contributed by atoms with van der Waals surface area (Å²) in [6, 6.07) is 13.4. The minimum Gasteiger partial charge on any atom is -0.493 e. The molecule has 2 heterocycles. The molecule has 0 spiro atoms. The van der Waals surface area contributed by atoms with Crippen molar-refractivity contribution in [3.63, 3.8) is 0 Å². The van der Waals surface area contributed by atoms with Crippen molar-refractivity contribution in [3.05, 3.63) is 59.0 Å². The highest BCUT2D eigenvalue weighted by Gasteiger charge is 2.12. The minimum atomic E-state index is -0.233. The maximum absolute atomic E-state index is 12.5. The highest BCUT2D eigenvalue weighted by Crippen LogP contribution is 2.28. The van der Waals surface area contributed by atoms with E-state index in [2.05, 4.69) is 15.4 Å². The second-order valence-electron chi connectivity index (χ2n) is 7.06. The van der Waals surface area contributed by atoms with Crippen molar-refractivity contribution in [2.24, 2.45) is 5.10 Å². The van der Waals surface area contributed by atoms with E-state index >= 15 is 0 Å². The largest absolute Gasteiger partial charge is 0.493 e. The van der Waals surface area contributed by atoms with E-state index in [0.717, 1.165) is 48.5 Å². The monoisotopic (exact) mass is 439 g/mol. The average Bonchev–Trinajstić information content (AvgIpc) is 3.25. The van der Waals surface area contributed by atoms with Crippen molar-refractivity contribution < 1.29 is 19.0 Å². The molecule has 8 heteroatoms. The molecule has 1 aliphatic heterocycles. The van der Waals surface area contributed by atoms with Gasteiger partial charge in [-0.3, -0.25) is 9.69 Å². The van der Waals surface area contributed by atoms with Crippen LogP contribution in [0.15, 0.2) is 52.9 Å². The van der Waals surface area contributed by atoms with Gasteiger partial charge in [0.2, 0.25) is 0 Å². The summed E-state index contributed by atoms with van der Waals surface area (Å²) in [7, 11) is 1.61. The third-order valence-corrected chi connectivity index (χ3v) is 6.03. The highest BCUT2D eigenvalue weighted by molar-refractivity contribution is 7.17. The molecular weight excluding hydrogens is 414 g/mol. The van der Waals surface area contributed by atoms with Gasteiger partial charge in [0.05, 0.1) is 32.1 Å². The first-order valence-electron chi connectivity index (χ1n) is 10.1. The van der Waals surface area contributed by atoms with Crippen LogP contribution in [0.4, 0.5) is 0 Å². The average molecular weight is 440 g/mol. The molecule has 1 aliphatic rings. The number of hydrogen-bond donors (Lipinski definition) is 1. The first-order chi connectivity index (χ1) is 15.2. The van der Waals surface area contributed by atoms with Gasteiger partial charge in [-0.25, -0.2) is 5.43 Å². The summed E-state index contributed by atoms with van der Waals surface area (Å²) in [5.41, 5.74) is 4.02. The summed E-state index contributed by atoms with van der Waals surface area (Å²) in [4.78, 5) is 14.8. The van der Waals surface area contributed by atoms with E-state index in [-0.39, 0.29) is 5.91 Å². The Kier molecular flexibility index (Phi) is 7.14. The molecule has 1 amide bonds. The summed E-state index contributed by atoms with van der Waals surface area (Å²) < 4.78 is 17.8. The molecule has 0 aliphatic carbocycles. The third kappa shape index (κ3) is 5.41. The van der Waals surface area contributed by atoms with E-state index < -0.39 is 0 Å². The lowest BCUT2D eigenvalue weighted by Gasteiger charge is -2.26. The summed E-state index contributed by atoms with van der Waals surface area (Å²) in [6.07, 6.45) is 1.59. The van der Waals surface area contributed by atoms with Gasteiger partial charge < -0.3 is 14.2 Å².